The Hall–Kier alpha value is -3.38. The van der Waals surface area contributed by atoms with Crippen LogP contribution in [0.3, 0.4) is 0 Å². The predicted octanol–water partition coefficient (Wildman–Crippen LogP) is 6.53. The normalized spacial score (nSPS) is 20.3. The van der Waals surface area contributed by atoms with Crippen LogP contribution in [0, 0.1) is 12.7 Å². The van der Waals surface area contributed by atoms with Crippen LogP contribution in [0.5, 0.6) is 0 Å². The lowest BCUT2D eigenvalue weighted by Gasteiger charge is -2.44. The van der Waals surface area contributed by atoms with E-state index in [1.165, 1.54) is 29.7 Å². The molecule has 0 spiro atoms. The summed E-state index contributed by atoms with van der Waals surface area (Å²) in [6.45, 7) is 3.13. The Morgan fingerprint density at radius 2 is 1.79 bits per heavy atom. The molecule has 38 heavy (non-hydrogen) atoms. The molecule has 1 aliphatic heterocycles. The van der Waals surface area contributed by atoms with Gasteiger partial charge in [0.1, 0.15) is 5.82 Å². The molecule has 2 unspecified atom stereocenters. The molecule has 6 heteroatoms. The number of amides is 2. The monoisotopic (exact) mass is 528 g/mol. The van der Waals surface area contributed by atoms with Crippen LogP contribution in [0.15, 0.2) is 77.7 Å². The molecule has 1 saturated carbocycles. The summed E-state index contributed by atoms with van der Waals surface area (Å²) in [5.74, 6) is -0.343. The first-order valence-corrected chi connectivity index (χ1v) is 14.2. The van der Waals surface area contributed by atoms with Gasteiger partial charge in [-0.15, -0.1) is 11.8 Å². The summed E-state index contributed by atoms with van der Waals surface area (Å²) < 4.78 is 13.4. The van der Waals surface area contributed by atoms with E-state index in [0.717, 1.165) is 41.7 Å². The minimum atomic E-state index is -0.270. The van der Waals surface area contributed by atoms with Gasteiger partial charge in [-0.25, -0.2) is 4.39 Å². The van der Waals surface area contributed by atoms with Gasteiger partial charge in [0, 0.05) is 29.9 Å². The zero-order chi connectivity index (χ0) is 26.5. The van der Waals surface area contributed by atoms with Gasteiger partial charge < -0.3 is 10.2 Å². The molecule has 5 rings (SSSR count). The lowest BCUT2D eigenvalue weighted by Crippen LogP contribution is -2.50. The van der Waals surface area contributed by atoms with Gasteiger partial charge in [0.25, 0.3) is 11.8 Å². The summed E-state index contributed by atoms with van der Waals surface area (Å²) in [7, 11) is 0. The number of fused-ring (bicyclic) bond motifs is 1. The van der Waals surface area contributed by atoms with Gasteiger partial charge in [0.2, 0.25) is 0 Å². The number of nitrogens with one attached hydrogen (secondary N) is 1. The number of hydrogen-bond donors (Lipinski definition) is 1. The number of rotatable bonds is 7. The average Bonchev–Trinajstić information content (AvgIpc) is 2.92. The maximum Gasteiger partial charge on any atom is 0.260 e. The second-order valence-corrected chi connectivity index (χ2v) is 11.5. The highest BCUT2D eigenvalue weighted by molar-refractivity contribution is 8.04. The molecule has 0 aromatic heterocycles. The number of hydrogen-bond acceptors (Lipinski definition) is 3. The van der Waals surface area contributed by atoms with Crippen molar-refractivity contribution >= 4 is 29.7 Å². The van der Waals surface area contributed by atoms with E-state index in [9.17, 15) is 14.0 Å². The third-order valence-electron chi connectivity index (χ3n) is 7.34. The lowest BCUT2D eigenvalue weighted by atomic mass is 9.92. The SMILES string of the molecule is Cc1cccc(CCNC(=O)c2ccc(/C=C3\SC4CCCCC4N(Cc4ccc(F)cc4)C3=O)cc2)c1. The van der Waals surface area contributed by atoms with E-state index >= 15 is 0 Å². The zero-order valence-corrected chi connectivity index (χ0v) is 22.5. The summed E-state index contributed by atoms with van der Waals surface area (Å²) >= 11 is 1.69. The highest BCUT2D eigenvalue weighted by atomic mass is 32.2. The van der Waals surface area contributed by atoms with Crippen molar-refractivity contribution in [3.05, 3.63) is 111 Å². The summed E-state index contributed by atoms with van der Waals surface area (Å²) in [5, 5.41) is 3.36. The second-order valence-electron chi connectivity index (χ2n) is 10.2. The number of carbonyl (C=O) groups excluding carboxylic acids is 2. The first kappa shape index (κ1) is 26.2. The van der Waals surface area contributed by atoms with Crippen molar-refractivity contribution in [1.29, 1.82) is 0 Å². The van der Waals surface area contributed by atoms with Gasteiger partial charge in [-0.3, -0.25) is 9.59 Å². The highest BCUT2D eigenvalue weighted by Gasteiger charge is 2.40. The molecular formula is C32H33FN2O2S. The number of thioether (sulfide) groups is 1. The molecule has 2 atom stereocenters. The molecule has 1 N–H and O–H groups in total. The summed E-state index contributed by atoms with van der Waals surface area (Å²) in [5.41, 5.74) is 4.85. The van der Waals surface area contributed by atoms with E-state index in [1.54, 1.807) is 23.9 Å². The van der Waals surface area contributed by atoms with Gasteiger partial charge >= 0.3 is 0 Å². The molecule has 3 aromatic carbocycles. The molecule has 1 saturated heterocycles. The first-order chi connectivity index (χ1) is 18.5. The summed E-state index contributed by atoms with van der Waals surface area (Å²) in [6, 6.07) is 22.3. The van der Waals surface area contributed by atoms with Crippen LogP contribution >= 0.6 is 11.8 Å². The molecule has 4 nitrogen and oxygen atoms in total. The van der Waals surface area contributed by atoms with E-state index in [-0.39, 0.29) is 23.7 Å². The minimum absolute atomic E-state index is 0.0282. The Kier molecular flexibility index (Phi) is 8.28. The van der Waals surface area contributed by atoms with Crippen LogP contribution in [0.4, 0.5) is 4.39 Å². The van der Waals surface area contributed by atoms with Crippen molar-refractivity contribution in [3.63, 3.8) is 0 Å². The van der Waals surface area contributed by atoms with Gasteiger partial charge in [0.05, 0.1) is 4.91 Å². The Bertz CT molecular complexity index is 1320. The fourth-order valence-electron chi connectivity index (χ4n) is 5.32. The maximum absolute atomic E-state index is 13.6. The number of halogens is 1. The van der Waals surface area contributed by atoms with E-state index in [1.807, 2.05) is 41.3 Å². The molecule has 0 bridgehead atoms. The van der Waals surface area contributed by atoms with Crippen LogP contribution in [0.1, 0.15) is 58.3 Å². The quantitative estimate of drug-likeness (QED) is 0.355. The first-order valence-electron chi connectivity index (χ1n) is 13.3. The van der Waals surface area contributed by atoms with Gasteiger partial charge in [-0.05, 0) is 73.2 Å². The third-order valence-corrected chi connectivity index (χ3v) is 8.74. The van der Waals surface area contributed by atoms with Crippen LogP contribution in [-0.4, -0.2) is 34.6 Å². The molecule has 1 aliphatic carbocycles. The Labute approximate surface area is 228 Å². The molecule has 2 amide bonds. The Morgan fingerprint density at radius 1 is 1.03 bits per heavy atom. The van der Waals surface area contributed by atoms with Gasteiger partial charge in [-0.2, -0.15) is 0 Å². The standard InChI is InChI=1S/C32H33FN2O2S/c1-22-5-4-6-23(19-22)17-18-34-31(36)26-13-9-24(10-14-26)20-30-32(37)35(21-25-11-15-27(33)16-12-25)28-7-2-3-8-29(28)38-30/h4-6,9-16,19-20,28-29H,2-3,7-8,17-18,21H2,1H3,(H,34,36)/b30-20-. The van der Waals surface area contributed by atoms with Crippen LogP contribution in [-0.2, 0) is 17.8 Å². The highest BCUT2D eigenvalue weighted by Crippen LogP contribution is 2.42. The minimum Gasteiger partial charge on any atom is -0.352 e. The predicted molar refractivity (Wildman–Crippen MR) is 152 cm³/mol. The number of aryl methyl sites for hydroxylation is 1. The van der Waals surface area contributed by atoms with Gasteiger partial charge in [-0.1, -0.05) is 66.9 Å². The Balaban J connectivity index is 1.25. The van der Waals surface area contributed by atoms with Crippen molar-refractivity contribution in [3.8, 4) is 0 Å². The van der Waals surface area contributed by atoms with E-state index < -0.39 is 0 Å². The average molecular weight is 529 g/mol. The topological polar surface area (TPSA) is 49.4 Å². The van der Waals surface area contributed by atoms with Crippen molar-refractivity contribution in [1.82, 2.24) is 10.2 Å². The summed E-state index contributed by atoms with van der Waals surface area (Å²) in [4.78, 5) is 28.9. The van der Waals surface area contributed by atoms with Crippen molar-refractivity contribution < 1.29 is 14.0 Å². The fraction of sp³-hybridized carbons (Fsp3) is 0.312. The lowest BCUT2D eigenvalue weighted by molar-refractivity contribution is -0.130. The van der Waals surface area contributed by atoms with E-state index in [2.05, 4.69) is 30.4 Å². The Morgan fingerprint density at radius 3 is 2.55 bits per heavy atom. The van der Waals surface area contributed by atoms with E-state index in [0.29, 0.717) is 23.9 Å². The molecule has 2 fully saturated rings. The van der Waals surface area contributed by atoms with Crippen molar-refractivity contribution in [2.24, 2.45) is 0 Å². The second kappa shape index (κ2) is 12.0. The third kappa shape index (κ3) is 6.36. The number of benzene rings is 3. The number of carbonyl (C=O) groups is 2. The molecule has 196 valence electrons. The van der Waals surface area contributed by atoms with E-state index in [4.69, 9.17) is 0 Å². The van der Waals surface area contributed by atoms with Gasteiger partial charge in [0.15, 0.2) is 0 Å². The smallest absolute Gasteiger partial charge is 0.260 e. The van der Waals surface area contributed by atoms with Crippen LogP contribution in [0.2, 0.25) is 0 Å². The summed E-state index contributed by atoms with van der Waals surface area (Å²) in [6.07, 6.45) is 7.12. The van der Waals surface area contributed by atoms with Crippen molar-refractivity contribution in [2.45, 2.75) is 56.9 Å². The molecule has 0 radical (unpaired) electrons. The van der Waals surface area contributed by atoms with Crippen molar-refractivity contribution in [2.75, 3.05) is 6.54 Å². The molecular weight excluding hydrogens is 495 g/mol. The number of nitrogens with zero attached hydrogens (tertiary/aromatic N) is 1. The fourth-order valence-corrected chi connectivity index (χ4v) is 6.79. The molecule has 1 heterocycles. The largest absolute Gasteiger partial charge is 0.352 e. The zero-order valence-electron chi connectivity index (χ0n) is 21.7. The molecule has 3 aromatic rings. The maximum atomic E-state index is 13.6. The van der Waals surface area contributed by atoms with Crippen LogP contribution in [0.25, 0.3) is 6.08 Å². The van der Waals surface area contributed by atoms with Crippen LogP contribution < -0.4 is 5.32 Å². The molecule has 2 aliphatic rings.